The lowest BCUT2D eigenvalue weighted by atomic mass is 10.1. The van der Waals surface area contributed by atoms with Crippen molar-refractivity contribution in [2.45, 2.75) is 52.6 Å². The van der Waals surface area contributed by atoms with Gasteiger partial charge in [0.2, 0.25) is 0 Å². The maximum Gasteiger partial charge on any atom is 0.323 e. The molecule has 14 heavy (non-hydrogen) atoms. The molecular formula is C11H19NO2. The van der Waals surface area contributed by atoms with E-state index in [9.17, 15) is 4.79 Å². The summed E-state index contributed by atoms with van der Waals surface area (Å²) in [5.41, 5.74) is 0. The van der Waals surface area contributed by atoms with Crippen molar-refractivity contribution in [1.82, 2.24) is 0 Å². The van der Waals surface area contributed by atoms with Crippen molar-refractivity contribution >= 4 is 5.97 Å². The second-order valence-electron chi connectivity index (χ2n) is 3.51. The van der Waals surface area contributed by atoms with Crippen LogP contribution in [0.5, 0.6) is 0 Å². The van der Waals surface area contributed by atoms with Crippen molar-refractivity contribution in [3.63, 3.8) is 0 Å². The maximum absolute atomic E-state index is 11.4. The second-order valence-corrected chi connectivity index (χ2v) is 3.51. The van der Waals surface area contributed by atoms with Crippen molar-refractivity contribution in [3.05, 3.63) is 0 Å². The number of hydrogen-bond donors (Lipinski definition) is 0. The van der Waals surface area contributed by atoms with E-state index < -0.39 is 5.92 Å². The molecule has 0 aliphatic heterocycles. The maximum atomic E-state index is 11.4. The quantitative estimate of drug-likeness (QED) is 0.615. The molecular weight excluding hydrogens is 178 g/mol. The molecule has 0 fully saturated rings. The van der Waals surface area contributed by atoms with E-state index in [1.54, 1.807) is 0 Å². The fourth-order valence-electron chi connectivity index (χ4n) is 1.27. The number of ether oxygens (including phenoxy) is 1. The SMILES string of the molecule is CCCC(C)OC(=O)C(C#N)CCC. The minimum absolute atomic E-state index is 0.0693. The minimum Gasteiger partial charge on any atom is -0.462 e. The number of carbonyl (C=O) groups is 1. The molecule has 3 nitrogen and oxygen atoms in total. The van der Waals surface area contributed by atoms with Crippen LogP contribution in [0.4, 0.5) is 0 Å². The Labute approximate surface area is 86.1 Å². The van der Waals surface area contributed by atoms with Crippen LogP contribution < -0.4 is 0 Å². The Hall–Kier alpha value is -1.04. The van der Waals surface area contributed by atoms with E-state index in [1.165, 1.54) is 0 Å². The van der Waals surface area contributed by atoms with E-state index in [-0.39, 0.29) is 12.1 Å². The van der Waals surface area contributed by atoms with Gasteiger partial charge >= 0.3 is 5.97 Å². The summed E-state index contributed by atoms with van der Waals surface area (Å²) in [5.74, 6) is -0.949. The van der Waals surface area contributed by atoms with Gasteiger partial charge in [-0.25, -0.2) is 0 Å². The first-order valence-corrected chi connectivity index (χ1v) is 5.25. The van der Waals surface area contributed by atoms with Gasteiger partial charge in [0.25, 0.3) is 0 Å². The van der Waals surface area contributed by atoms with Crippen LogP contribution in [-0.2, 0) is 9.53 Å². The average molecular weight is 197 g/mol. The summed E-state index contributed by atoms with van der Waals surface area (Å²) < 4.78 is 5.13. The van der Waals surface area contributed by atoms with Crippen LogP contribution in [0.3, 0.4) is 0 Å². The van der Waals surface area contributed by atoms with Crippen molar-refractivity contribution in [2.75, 3.05) is 0 Å². The zero-order valence-corrected chi connectivity index (χ0v) is 9.25. The molecule has 0 aromatic heterocycles. The molecule has 0 radical (unpaired) electrons. The number of nitrogens with zero attached hydrogens (tertiary/aromatic N) is 1. The summed E-state index contributed by atoms with van der Waals surface area (Å²) in [6.07, 6.45) is 3.19. The van der Waals surface area contributed by atoms with Gasteiger partial charge in [0.05, 0.1) is 12.2 Å². The molecule has 0 rings (SSSR count). The molecule has 0 aliphatic carbocycles. The molecule has 0 saturated carbocycles. The van der Waals surface area contributed by atoms with Crippen molar-refractivity contribution in [2.24, 2.45) is 5.92 Å². The Balaban J connectivity index is 3.98. The molecule has 0 aromatic carbocycles. The van der Waals surface area contributed by atoms with Crippen molar-refractivity contribution in [3.8, 4) is 6.07 Å². The van der Waals surface area contributed by atoms with Crippen molar-refractivity contribution in [1.29, 1.82) is 5.26 Å². The molecule has 0 aromatic rings. The molecule has 0 amide bonds. The van der Waals surface area contributed by atoms with Crippen LogP contribution in [0.15, 0.2) is 0 Å². The second kappa shape index (κ2) is 7.37. The summed E-state index contributed by atoms with van der Waals surface area (Å²) in [5, 5.41) is 8.72. The van der Waals surface area contributed by atoms with E-state index >= 15 is 0 Å². The molecule has 0 saturated heterocycles. The van der Waals surface area contributed by atoms with Crippen LogP contribution in [0.25, 0.3) is 0 Å². The minimum atomic E-state index is -0.584. The predicted octanol–water partition coefficient (Wildman–Crippen LogP) is 2.66. The Morgan fingerprint density at radius 2 is 1.93 bits per heavy atom. The van der Waals surface area contributed by atoms with Gasteiger partial charge in [0, 0.05) is 0 Å². The van der Waals surface area contributed by atoms with E-state index in [2.05, 4.69) is 0 Å². The van der Waals surface area contributed by atoms with E-state index in [0.29, 0.717) is 6.42 Å². The van der Waals surface area contributed by atoms with Gasteiger partial charge in [-0.2, -0.15) is 5.26 Å². The van der Waals surface area contributed by atoms with E-state index in [1.807, 2.05) is 26.8 Å². The predicted molar refractivity (Wildman–Crippen MR) is 54.5 cm³/mol. The molecule has 2 atom stereocenters. The highest BCUT2D eigenvalue weighted by molar-refractivity contribution is 5.75. The number of esters is 1. The Kier molecular flexibility index (Phi) is 6.82. The lowest BCUT2D eigenvalue weighted by molar-refractivity contribution is -0.151. The highest BCUT2D eigenvalue weighted by atomic mass is 16.5. The lowest BCUT2D eigenvalue weighted by Crippen LogP contribution is -2.21. The number of rotatable bonds is 6. The highest BCUT2D eigenvalue weighted by Crippen LogP contribution is 2.10. The summed E-state index contributed by atoms with van der Waals surface area (Å²) in [6, 6.07) is 1.98. The third kappa shape index (κ3) is 4.86. The molecule has 0 spiro atoms. The Bertz CT molecular complexity index is 208. The van der Waals surface area contributed by atoms with Crippen LogP contribution in [-0.4, -0.2) is 12.1 Å². The monoisotopic (exact) mass is 197 g/mol. The highest BCUT2D eigenvalue weighted by Gasteiger charge is 2.20. The van der Waals surface area contributed by atoms with Gasteiger partial charge in [0.15, 0.2) is 0 Å². The number of carbonyl (C=O) groups excluding carboxylic acids is 1. The number of hydrogen-bond acceptors (Lipinski definition) is 3. The first-order chi connectivity index (χ1) is 6.65. The first kappa shape index (κ1) is 13.0. The molecule has 0 bridgehead atoms. The molecule has 2 unspecified atom stereocenters. The van der Waals surface area contributed by atoms with Crippen LogP contribution >= 0.6 is 0 Å². The molecule has 3 heteroatoms. The molecule has 0 aliphatic rings. The Morgan fingerprint density at radius 1 is 1.36 bits per heavy atom. The fraction of sp³-hybridized carbons (Fsp3) is 0.818. The number of nitriles is 1. The average Bonchev–Trinajstić information content (AvgIpc) is 2.14. The Morgan fingerprint density at radius 3 is 2.36 bits per heavy atom. The smallest absolute Gasteiger partial charge is 0.323 e. The van der Waals surface area contributed by atoms with Gasteiger partial charge < -0.3 is 4.74 Å². The summed E-state index contributed by atoms with van der Waals surface area (Å²) in [7, 11) is 0. The zero-order valence-electron chi connectivity index (χ0n) is 9.25. The van der Waals surface area contributed by atoms with Gasteiger partial charge in [-0.1, -0.05) is 26.7 Å². The standard InChI is InChI=1S/C11H19NO2/c1-4-6-9(3)14-11(13)10(8-12)7-5-2/h9-10H,4-7H2,1-3H3. The lowest BCUT2D eigenvalue weighted by Gasteiger charge is -2.14. The van der Waals surface area contributed by atoms with Crippen molar-refractivity contribution < 1.29 is 9.53 Å². The summed E-state index contributed by atoms with van der Waals surface area (Å²) >= 11 is 0. The van der Waals surface area contributed by atoms with Crippen LogP contribution in [0.1, 0.15) is 46.5 Å². The third-order valence-corrected chi connectivity index (χ3v) is 2.03. The first-order valence-electron chi connectivity index (χ1n) is 5.25. The molecule has 0 N–H and O–H groups in total. The summed E-state index contributed by atoms with van der Waals surface area (Å²) in [4.78, 5) is 11.4. The topological polar surface area (TPSA) is 50.1 Å². The van der Waals surface area contributed by atoms with Gasteiger partial charge in [-0.3, -0.25) is 4.79 Å². The van der Waals surface area contributed by atoms with Crippen LogP contribution in [0.2, 0.25) is 0 Å². The third-order valence-electron chi connectivity index (χ3n) is 2.03. The van der Waals surface area contributed by atoms with Gasteiger partial charge in [-0.15, -0.1) is 0 Å². The zero-order chi connectivity index (χ0) is 11.0. The summed E-state index contributed by atoms with van der Waals surface area (Å²) in [6.45, 7) is 5.85. The largest absolute Gasteiger partial charge is 0.462 e. The van der Waals surface area contributed by atoms with Crippen LogP contribution in [0, 0.1) is 17.2 Å². The van der Waals surface area contributed by atoms with Gasteiger partial charge in [0.1, 0.15) is 5.92 Å². The molecule has 0 heterocycles. The molecule has 80 valence electrons. The van der Waals surface area contributed by atoms with E-state index in [0.717, 1.165) is 19.3 Å². The van der Waals surface area contributed by atoms with E-state index in [4.69, 9.17) is 10.00 Å². The fourth-order valence-corrected chi connectivity index (χ4v) is 1.27. The van der Waals surface area contributed by atoms with Gasteiger partial charge in [-0.05, 0) is 19.8 Å². The normalized spacial score (nSPS) is 14.1.